The Kier molecular flexibility index (Phi) is 6.37. The Balaban J connectivity index is 0.00000225. The number of nitrogens with one attached hydrogen (secondary N) is 1. The molecule has 0 aliphatic heterocycles. The molecule has 2 aromatic carbocycles. The third-order valence-corrected chi connectivity index (χ3v) is 3.75. The highest BCUT2D eigenvalue weighted by atomic mass is 35.5. The second-order valence-electron chi connectivity index (χ2n) is 5.68. The molecule has 0 saturated heterocycles. The van der Waals surface area contributed by atoms with Gasteiger partial charge in [0.1, 0.15) is 5.82 Å². The lowest BCUT2D eigenvalue weighted by Gasteiger charge is -2.10. The van der Waals surface area contributed by atoms with Gasteiger partial charge < -0.3 is 10.1 Å². The molecule has 0 atom stereocenters. The molecule has 0 radical (unpaired) electrons. The van der Waals surface area contributed by atoms with Crippen molar-refractivity contribution in [2.24, 2.45) is 0 Å². The third-order valence-electron chi connectivity index (χ3n) is 3.75. The Bertz CT molecular complexity index is 863. The smallest absolute Gasteiger partial charge is 0.338 e. The van der Waals surface area contributed by atoms with E-state index in [0.717, 1.165) is 28.8 Å². The molecule has 1 N–H and O–H groups in total. The number of anilines is 2. The minimum Gasteiger partial charge on any atom is -0.462 e. The van der Waals surface area contributed by atoms with Crippen molar-refractivity contribution < 1.29 is 9.53 Å². The van der Waals surface area contributed by atoms with Gasteiger partial charge in [0.05, 0.1) is 17.7 Å². The SMILES string of the molecule is CCCOC(=O)c1ccc(Nc2cc(C)c3ccccc3n2)cc1.Cl. The summed E-state index contributed by atoms with van der Waals surface area (Å²) in [7, 11) is 0. The molecular weight excluding hydrogens is 336 g/mol. The lowest BCUT2D eigenvalue weighted by Crippen LogP contribution is -2.05. The van der Waals surface area contributed by atoms with E-state index < -0.39 is 0 Å². The second kappa shape index (κ2) is 8.49. The van der Waals surface area contributed by atoms with Gasteiger partial charge in [-0.15, -0.1) is 12.4 Å². The molecule has 0 aliphatic rings. The van der Waals surface area contributed by atoms with Crippen molar-refractivity contribution in [2.75, 3.05) is 11.9 Å². The predicted octanol–water partition coefficient (Wildman–Crippen LogP) is 5.28. The number of hydrogen-bond acceptors (Lipinski definition) is 4. The van der Waals surface area contributed by atoms with Gasteiger partial charge in [0.15, 0.2) is 0 Å². The molecule has 3 aromatic rings. The summed E-state index contributed by atoms with van der Waals surface area (Å²) in [5.41, 5.74) is 3.56. The Labute approximate surface area is 153 Å². The van der Waals surface area contributed by atoms with E-state index in [9.17, 15) is 4.79 Å². The summed E-state index contributed by atoms with van der Waals surface area (Å²) >= 11 is 0. The molecule has 130 valence electrons. The van der Waals surface area contributed by atoms with Gasteiger partial charge in [-0.1, -0.05) is 25.1 Å². The Morgan fingerprint density at radius 1 is 1.12 bits per heavy atom. The van der Waals surface area contributed by atoms with Gasteiger partial charge in [-0.3, -0.25) is 0 Å². The lowest BCUT2D eigenvalue weighted by molar-refractivity contribution is 0.0505. The van der Waals surface area contributed by atoms with E-state index >= 15 is 0 Å². The van der Waals surface area contributed by atoms with Crippen LogP contribution in [-0.2, 0) is 4.74 Å². The molecule has 3 rings (SSSR count). The van der Waals surface area contributed by atoms with Crippen molar-refractivity contribution in [1.29, 1.82) is 0 Å². The zero-order valence-electron chi connectivity index (χ0n) is 14.3. The van der Waals surface area contributed by atoms with Gasteiger partial charge in [0, 0.05) is 11.1 Å². The van der Waals surface area contributed by atoms with Crippen LogP contribution < -0.4 is 5.32 Å². The van der Waals surface area contributed by atoms with Gasteiger partial charge in [0.2, 0.25) is 0 Å². The van der Waals surface area contributed by atoms with Crippen molar-refractivity contribution in [2.45, 2.75) is 20.3 Å². The summed E-state index contributed by atoms with van der Waals surface area (Å²) in [6, 6.07) is 17.3. The van der Waals surface area contributed by atoms with Crippen LogP contribution in [-0.4, -0.2) is 17.6 Å². The minimum atomic E-state index is -0.289. The topological polar surface area (TPSA) is 51.2 Å². The van der Waals surface area contributed by atoms with Crippen LogP contribution in [0.3, 0.4) is 0 Å². The minimum absolute atomic E-state index is 0. The van der Waals surface area contributed by atoms with Crippen LogP contribution in [0.1, 0.15) is 29.3 Å². The fourth-order valence-corrected chi connectivity index (χ4v) is 2.53. The van der Waals surface area contributed by atoms with E-state index in [1.54, 1.807) is 12.1 Å². The van der Waals surface area contributed by atoms with Crippen LogP contribution in [0.25, 0.3) is 10.9 Å². The molecular formula is C20H21ClN2O2. The average molecular weight is 357 g/mol. The van der Waals surface area contributed by atoms with Crippen LogP contribution in [0.5, 0.6) is 0 Å². The largest absolute Gasteiger partial charge is 0.462 e. The van der Waals surface area contributed by atoms with Crippen LogP contribution >= 0.6 is 12.4 Å². The van der Waals surface area contributed by atoms with E-state index in [-0.39, 0.29) is 18.4 Å². The van der Waals surface area contributed by atoms with Gasteiger partial charge in [-0.05, 0) is 55.3 Å². The molecule has 0 unspecified atom stereocenters. The molecule has 1 heterocycles. The lowest BCUT2D eigenvalue weighted by atomic mass is 10.1. The first-order valence-electron chi connectivity index (χ1n) is 8.08. The molecule has 0 bridgehead atoms. The number of halogens is 1. The van der Waals surface area contributed by atoms with Gasteiger partial charge in [0.25, 0.3) is 0 Å². The van der Waals surface area contributed by atoms with Crippen LogP contribution in [0.4, 0.5) is 11.5 Å². The molecule has 25 heavy (non-hydrogen) atoms. The summed E-state index contributed by atoms with van der Waals surface area (Å²) in [5, 5.41) is 4.43. The number of aryl methyl sites for hydroxylation is 1. The van der Waals surface area contributed by atoms with Crippen LogP contribution in [0.2, 0.25) is 0 Å². The summed E-state index contributed by atoms with van der Waals surface area (Å²) in [6.07, 6.45) is 0.818. The maximum atomic E-state index is 11.8. The molecule has 0 amide bonds. The highest BCUT2D eigenvalue weighted by Gasteiger charge is 2.07. The number of carbonyl (C=O) groups excluding carboxylic acids is 1. The van der Waals surface area contributed by atoms with Crippen molar-refractivity contribution in [1.82, 2.24) is 4.98 Å². The van der Waals surface area contributed by atoms with Gasteiger partial charge in [-0.25, -0.2) is 9.78 Å². The molecule has 0 spiro atoms. The zero-order chi connectivity index (χ0) is 16.9. The maximum absolute atomic E-state index is 11.8. The van der Waals surface area contributed by atoms with E-state index in [2.05, 4.69) is 23.3 Å². The van der Waals surface area contributed by atoms with Crippen LogP contribution in [0, 0.1) is 6.92 Å². The van der Waals surface area contributed by atoms with Crippen molar-refractivity contribution in [3.05, 3.63) is 65.7 Å². The zero-order valence-corrected chi connectivity index (χ0v) is 15.1. The first kappa shape index (κ1) is 18.7. The molecule has 1 aromatic heterocycles. The normalized spacial score (nSPS) is 10.2. The average Bonchev–Trinajstić information content (AvgIpc) is 2.60. The first-order chi connectivity index (χ1) is 11.7. The van der Waals surface area contributed by atoms with E-state index in [1.165, 1.54) is 5.56 Å². The molecule has 5 heteroatoms. The number of aromatic nitrogens is 1. The number of pyridine rings is 1. The Hall–Kier alpha value is -2.59. The first-order valence-corrected chi connectivity index (χ1v) is 8.08. The van der Waals surface area contributed by atoms with Crippen molar-refractivity contribution in [3.63, 3.8) is 0 Å². The number of benzene rings is 2. The van der Waals surface area contributed by atoms with E-state index in [1.807, 2.05) is 43.3 Å². The summed E-state index contributed by atoms with van der Waals surface area (Å²) in [4.78, 5) is 16.4. The Morgan fingerprint density at radius 3 is 2.56 bits per heavy atom. The summed E-state index contributed by atoms with van der Waals surface area (Å²) < 4.78 is 5.13. The summed E-state index contributed by atoms with van der Waals surface area (Å²) in [5.74, 6) is 0.496. The molecule has 4 nitrogen and oxygen atoms in total. The van der Waals surface area contributed by atoms with E-state index in [0.29, 0.717) is 12.2 Å². The number of esters is 1. The number of rotatable bonds is 5. The fourth-order valence-electron chi connectivity index (χ4n) is 2.53. The third kappa shape index (κ3) is 4.48. The number of nitrogens with zero attached hydrogens (tertiary/aromatic N) is 1. The second-order valence-corrected chi connectivity index (χ2v) is 5.68. The maximum Gasteiger partial charge on any atom is 0.338 e. The molecule has 0 saturated carbocycles. The van der Waals surface area contributed by atoms with Gasteiger partial charge in [-0.2, -0.15) is 0 Å². The van der Waals surface area contributed by atoms with E-state index in [4.69, 9.17) is 4.74 Å². The standard InChI is InChI=1S/C20H20N2O2.ClH/c1-3-12-24-20(23)15-8-10-16(11-9-15)21-19-13-14(2)17-6-4-5-7-18(17)22-19;/h4-11,13H,3,12H2,1-2H3,(H,21,22);1H. The van der Waals surface area contributed by atoms with Crippen LogP contribution in [0.15, 0.2) is 54.6 Å². The number of para-hydroxylation sites is 1. The number of carbonyl (C=O) groups is 1. The monoisotopic (exact) mass is 356 g/mol. The predicted molar refractivity (Wildman–Crippen MR) is 104 cm³/mol. The summed E-state index contributed by atoms with van der Waals surface area (Å²) in [6.45, 7) is 4.49. The molecule has 0 fully saturated rings. The fraction of sp³-hybridized carbons (Fsp3) is 0.200. The molecule has 0 aliphatic carbocycles. The van der Waals surface area contributed by atoms with Crippen molar-refractivity contribution >= 4 is 40.8 Å². The van der Waals surface area contributed by atoms with Gasteiger partial charge >= 0.3 is 5.97 Å². The quantitative estimate of drug-likeness (QED) is 0.632. The Morgan fingerprint density at radius 2 is 1.84 bits per heavy atom. The number of ether oxygens (including phenoxy) is 1. The highest BCUT2D eigenvalue weighted by Crippen LogP contribution is 2.22. The highest BCUT2D eigenvalue weighted by molar-refractivity contribution is 5.90. The van der Waals surface area contributed by atoms with Crippen molar-refractivity contribution in [3.8, 4) is 0 Å². The number of fused-ring (bicyclic) bond motifs is 1. The number of hydrogen-bond donors (Lipinski definition) is 1.